The number of sulfonamides is 1. The van der Waals surface area contributed by atoms with E-state index in [-0.39, 0.29) is 22.0 Å². The maximum absolute atomic E-state index is 12.6. The third kappa shape index (κ3) is 6.39. The van der Waals surface area contributed by atoms with E-state index in [1.807, 2.05) is 13.8 Å². The van der Waals surface area contributed by atoms with Crippen LogP contribution in [-0.2, 0) is 19.6 Å². The largest absolute Gasteiger partial charge is 0.379 e. The monoisotopic (exact) mass is 411 g/mol. The lowest BCUT2D eigenvalue weighted by Gasteiger charge is -2.26. The Morgan fingerprint density at radius 2 is 1.93 bits per heavy atom. The van der Waals surface area contributed by atoms with Crippen molar-refractivity contribution in [1.82, 2.24) is 14.9 Å². The molecular formula is C18H25N3O4S2. The van der Waals surface area contributed by atoms with E-state index < -0.39 is 10.0 Å². The van der Waals surface area contributed by atoms with Crippen LogP contribution in [0.4, 0.5) is 0 Å². The summed E-state index contributed by atoms with van der Waals surface area (Å²) in [4.78, 5) is 12.1. The maximum atomic E-state index is 12.6. The Morgan fingerprint density at radius 3 is 2.52 bits per heavy atom. The number of morpholine rings is 1. The lowest BCUT2D eigenvalue weighted by atomic mass is 10.2. The molecule has 1 amide bonds. The number of nitrogens with zero attached hydrogens (tertiary/aromatic N) is 1. The second-order valence-electron chi connectivity index (χ2n) is 6.19. The number of carbonyl (C=O) groups excluding carboxylic acids is 1. The molecule has 0 bridgehead atoms. The van der Waals surface area contributed by atoms with Crippen LogP contribution in [0.15, 0.2) is 35.2 Å². The molecule has 1 aromatic rings. The van der Waals surface area contributed by atoms with Crippen LogP contribution in [0.3, 0.4) is 0 Å². The van der Waals surface area contributed by atoms with Crippen LogP contribution in [0.25, 0.3) is 6.08 Å². The number of thiocarbonyl (C=S) groups is 1. The predicted molar refractivity (Wildman–Crippen MR) is 109 cm³/mol. The predicted octanol–water partition coefficient (Wildman–Crippen LogP) is 1.51. The third-order valence-corrected chi connectivity index (χ3v) is 6.27. The number of benzene rings is 1. The minimum Gasteiger partial charge on any atom is -0.379 e. The molecule has 2 N–H and O–H groups in total. The second-order valence-corrected chi connectivity index (χ2v) is 8.54. The summed E-state index contributed by atoms with van der Waals surface area (Å²) in [5, 5.41) is 5.86. The van der Waals surface area contributed by atoms with Crippen molar-refractivity contribution in [3.05, 3.63) is 35.9 Å². The van der Waals surface area contributed by atoms with E-state index in [0.717, 1.165) is 6.42 Å². The lowest BCUT2D eigenvalue weighted by Crippen LogP contribution is -2.42. The molecule has 1 aromatic carbocycles. The van der Waals surface area contributed by atoms with Gasteiger partial charge < -0.3 is 10.1 Å². The molecule has 0 saturated carbocycles. The van der Waals surface area contributed by atoms with Gasteiger partial charge in [-0.3, -0.25) is 10.1 Å². The molecule has 0 aromatic heterocycles. The Bertz CT molecular complexity index is 785. The second kappa shape index (κ2) is 9.93. The number of hydrogen-bond donors (Lipinski definition) is 2. The molecule has 2 rings (SSSR count). The van der Waals surface area contributed by atoms with Crippen molar-refractivity contribution in [2.24, 2.45) is 0 Å². The number of nitrogens with one attached hydrogen (secondary N) is 2. The van der Waals surface area contributed by atoms with E-state index in [9.17, 15) is 13.2 Å². The molecule has 27 heavy (non-hydrogen) atoms. The highest BCUT2D eigenvalue weighted by Gasteiger charge is 2.25. The number of amides is 1. The normalized spacial score (nSPS) is 16.8. The first-order valence-electron chi connectivity index (χ1n) is 8.80. The molecule has 9 heteroatoms. The highest BCUT2D eigenvalue weighted by Crippen LogP contribution is 2.18. The molecule has 1 atom stereocenters. The van der Waals surface area contributed by atoms with Crippen LogP contribution >= 0.6 is 12.2 Å². The summed E-state index contributed by atoms with van der Waals surface area (Å²) in [7, 11) is -3.52. The summed E-state index contributed by atoms with van der Waals surface area (Å²) in [6, 6.07) is 6.58. The van der Waals surface area contributed by atoms with Crippen molar-refractivity contribution < 1.29 is 17.9 Å². The van der Waals surface area contributed by atoms with Gasteiger partial charge in [-0.2, -0.15) is 4.31 Å². The number of carbonyl (C=O) groups is 1. The Kier molecular flexibility index (Phi) is 7.91. The molecule has 0 unspecified atom stereocenters. The Labute approximate surface area is 165 Å². The van der Waals surface area contributed by atoms with Crippen LogP contribution < -0.4 is 10.6 Å². The van der Waals surface area contributed by atoms with Crippen molar-refractivity contribution in [2.75, 3.05) is 26.3 Å². The fourth-order valence-electron chi connectivity index (χ4n) is 2.37. The highest BCUT2D eigenvalue weighted by molar-refractivity contribution is 7.89. The van der Waals surface area contributed by atoms with Crippen molar-refractivity contribution in [1.29, 1.82) is 0 Å². The van der Waals surface area contributed by atoms with Crippen LogP contribution in [0, 0.1) is 0 Å². The number of ether oxygens (including phenoxy) is 1. The average Bonchev–Trinajstić information content (AvgIpc) is 2.67. The van der Waals surface area contributed by atoms with Crippen LogP contribution in [0.2, 0.25) is 0 Å². The first-order valence-corrected chi connectivity index (χ1v) is 10.6. The zero-order chi connectivity index (χ0) is 19.9. The van der Waals surface area contributed by atoms with Crippen LogP contribution in [0.5, 0.6) is 0 Å². The van der Waals surface area contributed by atoms with Crippen molar-refractivity contribution in [2.45, 2.75) is 31.2 Å². The molecule has 0 spiro atoms. The van der Waals surface area contributed by atoms with Gasteiger partial charge in [-0.05, 0) is 49.3 Å². The molecule has 148 valence electrons. The van der Waals surface area contributed by atoms with E-state index in [1.54, 1.807) is 18.2 Å². The van der Waals surface area contributed by atoms with Gasteiger partial charge >= 0.3 is 0 Å². The summed E-state index contributed by atoms with van der Waals surface area (Å²) in [6.07, 6.45) is 3.86. The van der Waals surface area contributed by atoms with Crippen LogP contribution in [0.1, 0.15) is 25.8 Å². The topological polar surface area (TPSA) is 87.7 Å². The van der Waals surface area contributed by atoms with Gasteiger partial charge in [0.1, 0.15) is 0 Å². The molecule has 7 nitrogen and oxygen atoms in total. The Hall–Kier alpha value is -1.81. The number of hydrogen-bond acceptors (Lipinski definition) is 5. The molecule has 1 saturated heterocycles. The van der Waals surface area contributed by atoms with Gasteiger partial charge in [0, 0.05) is 25.2 Å². The van der Waals surface area contributed by atoms with E-state index in [4.69, 9.17) is 17.0 Å². The fraction of sp³-hybridized carbons (Fsp3) is 0.444. The van der Waals surface area contributed by atoms with Gasteiger partial charge in [0.2, 0.25) is 15.9 Å². The fourth-order valence-corrected chi connectivity index (χ4v) is 4.08. The molecule has 0 aliphatic carbocycles. The van der Waals surface area contributed by atoms with Gasteiger partial charge in [0.05, 0.1) is 18.1 Å². The SMILES string of the molecule is CC[C@H](C)NC(=S)NC(=O)/C=C/c1ccc(S(=O)(=O)N2CCOCC2)cc1. The van der Waals surface area contributed by atoms with E-state index in [1.165, 1.54) is 22.5 Å². The zero-order valence-electron chi connectivity index (χ0n) is 15.5. The summed E-state index contributed by atoms with van der Waals surface area (Å²) >= 11 is 5.07. The molecule has 1 heterocycles. The number of rotatable bonds is 6. The molecule has 1 fully saturated rings. The quantitative estimate of drug-likeness (QED) is 0.545. The van der Waals surface area contributed by atoms with Crippen molar-refractivity contribution in [3.63, 3.8) is 0 Å². The summed E-state index contributed by atoms with van der Waals surface area (Å²) in [5.41, 5.74) is 0.715. The van der Waals surface area contributed by atoms with Crippen molar-refractivity contribution in [3.8, 4) is 0 Å². The summed E-state index contributed by atoms with van der Waals surface area (Å²) in [5.74, 6) is -0.346. The standard InChI is InChI=1S/C18H25N3O4S2/c1-3-14(2)19-18(26)20-17(22)9-6-15-4-7-16(8-5-15)27(23,24)21-10-12-25-13-11-21/h4-9,14H,3,10-13H2,1-2H3,(H2,19,20,22,26)/b9-6+/t14-/m0/s1. The van der Waals surface area contributed by atoms with E-state index in [0.29, 0.717) is 31.9 Å². The smallest absolute Gasteiger partial charge is 0.250 e. The maximum Gasteiger partial charge on any atom is 0.250 e. The molecule has 0 radical (unpaired) electrons. The van der Waals surface area contributed by atoms with Crippen molar-refractivity contribution >= 4 is 39.3 Å². The van der Waals surface area contributed by atoms with Crippen LogP contribution in [-0.4, -0.2) is 56.1 Å². The van der Waals surface area contributed by atoms with Gasteiger partial charge in [-0.15, -0.1) is 0 Å². The Balaban J connectivity index is 1.95. The Morgan fingerprint density at radius 1 is 1.30 bits per heavy atom. The zero-order valence-corrected chi connectivity index (χ0v) is 17.1. The summed E-state index contributed by atoms with van der Waals surface area (Å²) in [6.45, 7) is 5.51. The van der Waals surface area contributed by atoms with Gasteiger partial charge in [0.15, 0.2) is 5.11 Å². The van der Waals surface area contributed by atoms with Gasteiger partial charge in [-0.25, -0.2) is 8.42 Å². The molecular weight excluding hydrogens is 386 g/mol. The summed E-state index contributed by atoms with van der Waals surface area (Å²) < 4.78 is 31.7. The van der Waals surface area contributed by atoms with E-state index >= 15 is 0 Å². The lowest BCUT2D eigenvalue weighted by molar-refractivity contribution is -0.115. The molecule has 1 aliphatic heterocycles. The van der Waals surface area contributed by atoms with E-state index in [2.05, 4.69) is 10.6 Å². The first kappa shape index (κ1) is 21.5. The average molecular weight is 412 g/mol. The third-order valence-electron chi connectivity index (χ3n) is 4.14. The van der Waals surface area contributed by atoms with Gasteiger partial charge in [0.25, 0.3) is 0 Å². The first-order chi connectivity index (χ1) is 12.8. The molecule has 1 aliphatic rings. The van der Waals surface area contributed by atoms with Gasteiger partial charge in [-0.1, -0.05) is 19.1 Å². The minimum absolute atomic E-state index is 0.183. The highest BCUT2D eigenvalue weighted by atomic mass is 32.2. The minimum atomic E-state index is -3.52.